The lowest BCUT2D eigenvalue weighted by molar-refractivity contribution is 0.0765. The van der Waals surface area contributed by atoms with Gasteiger partial charge in [0.15, 0.2) is 5.78 Å². The third-order valence-corrected chi connectivity index (χ3v) is 4.29. The number of nitrogen functional groups attached to an aromatic ring is 1. The summed E-state index contributed by atoms with van der Waals surface area (Å²) in [5.74, 6) is 0.360. The van der Waals surface area contributed by atoms with Gasteiger partial charge in [-0.1, -0.05) is 18.9 Å². The topological polar surface area (TPSA) is 43.1 Å². The smallest absolute Gasteiger partial charge is 0.169 e. The number of carbonyl (C=O) groups excluding carboxylic acids is 1. The van der Waals surface area contributed by atoms with E-state index in [0.717, 1.165) is 31.2 Å². The summed E-state index contributed by atoms with van der Waals surface area (Å²) >= 11 is 0. The molecule has 0 heterocycles. The molecule has 3 rings (SSSR count). The molecule has 0 saturated heterocycles. The van der Waals surface area contributed by atoms with E-state index in [0.29, 0.717) is 11.5 Å². The molecule has 0 atom stereocenters. The molecule has 1 saturated carbocycles. The van der Waals surface area contributed by atoms with E-state index in [9.17, 15) is 4.79 Å². The van der Waals surface area contributed by atoms with Crippen LogP contribution in [0.25, 0.3) is 0 Å². The number of fused-ring (bicyclic) bond motifs is 1. The van der Waals surface area contributed by atoms with Gasteiger partial charge in [0.2, 0.25) is 0 Å². The van der Waals surface area contributed by atoms with Crippen LogP contribution in [0.5, 0.6) is 0 Å². The zero-order valence-corrected chi connectivity index (χ0v) is 9.46. The molecule has 84 valence electrons. The van der Waals surface area contributed by atoms with Crippen LogP contribution in [0, 0.1) is 5.41 Å². The zero-order valence-electron chi connectivity index (χ0n) is 9.46. The third kappa shape index (κ3) is 1.29. The van der Waals surface area contributed by atoms with Crippen LogP contribution < -0.4 is 5.73 Å². The van der Waals surface area contributed by atoms with E-state index in [2.05, 4.69) is 0 Å². The molecule has 2 nitrogen and oxygen atoms in total. The Morgan fingerprint density at radius 1 is 1.12 bits per heavy atom. The van der Waals surface area contributed by atoms with Gasteiger partial charge < -0.3 is 5.73 Å². The van der Waals surface area contributed by atoms with Crippen molar-refractivity contribution < 1.29 is 4.79 Å². The predicted molar refractivity (Wildman–Crippen MR) is 64.4 cm³/mol. The van der Waals surface area contributed by atoms with Crippen LogP contribution in [-0.4, -0.2) is 5.78 Å². The molecule has 1 fully saturated rings. The summed E-state index contributed by atoms with van der Waals surface area (Å²) in [5, 5.41) is 0. The number of rotatable bonds is 0. The first-order valence-corrected chi connectivity index (χ1v) is 6.15. The number of ketones is 1. The van der Waals surface area contributed by atoms with E-state index >= 15 is 0 Å². The molecule has 1 aromatic carbocycles. The number of hydrogen-bond donors (Lipinski definition) is 1. The molecular formula is C14H17NO. The fraction of sp³-hybridized carbons (Fsp3) is 0.500. The number of nitrogens with two attached hydrogens (primary N) is 1. The van der Waals surface area contributed by atoms with Crippen molar-refractivity contribution >= 4 is 11.5 Å². The maximum atomic E-state index is 12.5. The van der Waals surface area contributed by atoms with Gasteiger partial charge in [0.1, 0.15) is 0 Å². The Kier molecular flexibility index (Phi) is 2.06. The van der Waals surface area contributed by atoms with Crippen molar-refractivity contribution in [3.05, 3.63) is 29.3 Å². The van der Waals surface area contributed by atoms with E-state index in [1.165, 1.54) is 18.4 Å². The Bertz CT molecular complexity index is 444. The van der Waals surface area contributed by atoms with Crippen molar-refractivity contribution in [1.82, 2.24) is 0 Å². The molecule has 2 heteroatoms. The second kappa shape index (κ2) is 3.34. The molecule has 2 aliphatic rings. The summed E-state index contributed by atoms with van der Waals surface area (Å²) in [6.45, 7) is 0. The second-order valence-corrected chi connectivity index (χ2v) is 5.23. The Hall–Kier alpha value is -1.31. The molecule has 0 amide bonds. The molecule has 1 spiro atoms. The van der Waals surface area contributed by atoms with Gasteiger partial charge in [-0.05, 0) is 43.4 Å². The van der Waals surface area contributed by atoms with E-state index in [4.69, 9.17) is 5.73 Å². The Labute approximate surface area is 95.8 Å². The molecule has 0 bridgehead atoms. The lowest BCUT2D eigenvalue weighted by atomic mass is 9.69. The highest BCUT2D eigenvalue weighted by molar-refractivity contribution is 6.03. The van der Waals surface area contributed by atoms with Crippen molar-refractivity contribution in [2.24, 2.45) is 5.41 Å². The van der Waals surface area contributed by atoms with Gasteiger partial charge in [0, 0.05) is 16.7 Å². The average molecular weight is 215 g/mol. The molecule has 2 aliphatic carbocycles. The Morgan fingerprint density at radius 2 is 1.88 bits per heavy atom. The van der Waals surface area contributed by atoms with Gasteiger partial charge in [-0.3, -0.25) is 4.79 Å². The first-order valence-electron chi connectivity index (χ1n) is 6.15. The maximum Gasteiger partial charge on any atom is 0.169 e. The molecule has 16 heavy (non-hydrogen) atoms. The van der Waals surface area contributed by atoms with Crippen LogP contribution in [0.2, 0.25) is 0 Å². The summed E-state index contributed by atoms with van der Waals surface area (Å²) < 4.78 is 0. The van der Waals surface area contributed by atoms with Crippen LogP contribution in [-0.2, 0) is 6.42 Å². The summed E-state index contributed by atoms with van der Waals surface area (Å²) in [5.41, 5.74) is 8.55. The van der Waals surface area contributed by atoms with Gasteiger partial charge in [-0.2, -0.15) is 0 Å². The predicted octanol–water partition coefficient (Wildman–Crippen LogP) is 2.96. The fourth-order valence-electron chi connectivity index (χ4n) is 3.33. The van der Waals surface area contributed by atoms with Gasteiger partial charge >= 0.3 is 0 Å². The van der Waals surface area contributed by atoms with E-state index in [-0.39, 0.29) is 5.41 Å². The fourth-order valence-corrected chi connectivity index (χ4v) is 3.33. The van der Waals surface area contributed by atoms with Crippen LogP contribution in [0.1, 0.15) is 48.0 Å². The lowest BCUT2D eigenvalue weighted by Gasteiger charge is -2.33. The minimum atomic E-state index is -0.0270. The molecule has 2 N–H and O–H groups in total. The van der Waals surface area contributed by atoms with Gasteiger partial charge in [-0.25, -0.2) is 0 Å². The van der Waals surface area contributed by atoms with Crippen molar-refractivity contribution in [2.75, 3.05) is 5.73 Å². The third-order valence-electron chi connectivity index (χ3n) is 4.29. The van der Waals surface area contributed by atoms with Crippen molar-refractivity contribution in [1.29, 1.82) is 0 Å². The number of Topliss-reactive ketones (excluding diaryl/α,β-unsaturated/α-hetero) is 1. The Morgan fingerprint density at radius 3 is 2.62 bits per heavy atom. The first kappa shape index (κ1) is 9.88. The quantitative estimate of drug-likeness (QED) is 0.676. The lowest BCUT2D eigenvalue weighted by Crippen LogP contribution is -2.33. The number of hydrogen-bond acceptors (Lipinski definition) is 2. The molecule has 0 radical (unpaired) electrons. The molecular weight excluding hydrogens is 198 g/mol. The van der Waals surface area contributed by atoms with E-state index in [1.807, 2.05) is 18.2 Å². The minimum Gasteiger partial charge on any atom is -0.399 e. The highest BCUT2D eigenvalue weighted by Crippen LogP contribution is 2.47. The van der Waals surface area contributed by atoms with E-state index in [1.54, 1.807) is 0 Å². The number of benzene rings is 1. The SMILES string of the molecule is Nc1ccc2c(c1)C(=O)C1(CCCC1)CC2. The first-order chi connectivity index (χ1) is 7.71. The normalized spacial score (nSPS) is 22.4. The van der Waals surface area contributed by atoms with Gasteiger partial charge in [-0.15, -0.1) is 0 Å². The minimum absolute atomic E-state index is 0.0270. The zero-order chi connectivity index (χ0) is 11.2. The Balaban J connectivity index is 2.07. The van der Waals surface area contributed by atoms with Crippen LogP contribution >= 0.6 is 0 Å². The van der Waals surface area contributed by atoms with Gasteiger partial charge in [0.05, 0.1) is 0 Å². The average Bonchev–Trinajstić information content (AvgIpc) is 2.75. The second-order valence-electron chi connectivity index (χ2n) is 5.23. The summed E-state index contributed by atoms with van der Waals surface area (Å²) in [6.07, 6.45) is 6.68. The number of anilines is 1. The van der Waals surface area contributed by atoms with Crippen molar-refractivity contribution in [3.8, 4) is 0 Å². The molecule has 0 unspecified atom stereocenters. The molecule has 1 aromatic rings. The maximum absolute atomic E-state index is 12.5. The highest BCUT2D eigenvalue weighted by atomic mass is 16.1. The number of aryl methyl sites for hydroxylation is 1. The van der Waals surface area contributed by atoms with Crippen molar-refractivity contribution in [3.63, 3.8) is 0 Å². The van der Waals surface area contributed by atoms with Crippen LogP contribution in [0.4, 0.5) is 5.69 Å². The molecule has 0 aliphatic heterocycles. The largest absolute Gasteiger partial charge is 0.399 e. The van der Waals surface area contributed by atoms with E-state index < -0.39 is 0 Å². The summed E-state index contributed by atoms with van der Waals surface area (Å²) in [6, 6.07) is 5.79. The summed E-state index contributed by atoms with van der Waals surface area (Å²) in [7, 11) is 0. The van der Waals surface area contributed by atoms with Crippen LogP contribution in [0.15, 0.2) is 18.2 Å². The molecule has 0 aromatic heterocycles. The van der Waals surface area contributed by atoms with Crippen molar-refractivity contribution in [2.45, 2.75) is 38.5 Å². The monoisotopic (exact) mass is 215 g/mol. The van der Waals surface area contributed by atoms with Gasteiger partial charge in [0.25, 0.3) is 0 Å². The standard InChI is InChI=1S/C14H17NO/c15-11-4-3-10-5-8-14(6-1-2-7-14)13(16)12(10)9-11/h3-4,9H,1-2,5-8,15H2. The number of carbonyl (C=O) groups is 1. The summed E-state index contributed by atoms with van der Waals surface area (Å²) in [4.78, 5) is 12.5. The highest BCUT2D eigenvalue weighted by Gasteiger charge is 2.44. The van der Waals surface area contributed by atoms with Crippen LogP contribution in [0.3, 0.4) is 0 Å².